The fourth-order valence-electron chi connectivity index (χ4n) is 2.22. The van der Waals surface area contributed by atoms with E-state index in [0.29, 0.717) is 0 Å². The van der Waals surface area contributed by atoms with Crippen LogP contribution >= 0.6 is 0 Å². The molecule has 0 saturated heterocycles. The largest absolute Gasteiger partial charge is 0.433 e. The number of alkyl halides is 3. The molecule has 8 heteroatoms. The summed E-state index contributed by atoms with van der Waals surface area (Å²) in [7, 11) is 0. The van der Waals surface area contributed by atoms with Gasteiger partial charge in [0.1, 0.15) is 11.5 Å². The van der Waals surface area contributed by atoms with Gasteiger partial charge >= 0.3 is 6.18 Å². The van der Waals surface area contributed by atoms with E-state index >= 15 is 0 Å². The molecule has 0 spiro atoms. The lowest BCUT2D eigenvalue weighted by molar-refractivity contribution is -0.141. The minimum Gasteiger partial charge on any atom is -0.365 e. The third kappa shape index (κ3) is 3.26. The van der Waals surface area contributed by atoms with E-state index in [1.54, 1.807) is 6.92 Å². The normalized spacial score (nSPS) is 18.1. The number of halogens is 3. The maximum atomic E-state index is 12.8. The number of anilines is 1. The van der Waals surface area contributed by atoms with Crippen molar-refractivity contribution in [2.75, 3.05) is 11.9 Å². The molecular weight excluding hydrogens is 285 g/mol. The van der Waals surface area contributed by atoms with Gasteiger partial charge in [0.05, 0.1) is 11.1 Å². The first-order chi connectivity index (χ1) is 9.67. The second-order valence-corrected chi connectivity index (χ2v) is 5.48. The number of carbonyl (C=O) groups excluding carboxylic acids is 1. The van der Waals surface area contributed by atoms with Crippen molar-refractivity contribution in [2.45, 2.75) is 31.5 Å². The smallest absolute Gasteiger partial charge is 0.365 e. The number of nitrogens with zero attached hydrogens (tertiary/aromatic N) is 1. The average Bonchev–Trinajstić information content (AvgIpc) is 3.21. The number of rotatable bonds is 5. The van der Waals surface area contributed by atoms with Gasteiger partial charge in [-0.1, -0.05) is 0 Å². The molecule has 5 nitrogen and oxygen atoms in total. The van der Waals surface area contributed by atoms with Gasteiger partial charge in [-0.25, -0.2) is 4.98 Å². The van der Waals surface area contributed by atoms with Crippen molar-refractivity contribution >= 4 is 11.7 Å². The van der Waals surface area contributed by atoms with Crippen molar-refractivity contribution in [3.63, 3.8) is 0 Å². The lowest BCUT2D eigenvalue weighted by Gasteiger charge is -2.31. The molecule has 116 valence electrons. The van der Waals surface area contributed by atoms with Crippen LogP contribution in [0.25, 0.3) is 0 Å². The summed E-state index contributed by atoms with van der Waals surface area (Å²) in [5, 5.41) is 2.89. The summed E-state index contributed by atoms with van der Waals surface area (Å²) in [5.41, 5.74) is 9.14. The van der Waals surface area contributed by atoms with Crippen LogP contribution in [0.4, 0.5) is 19.0 Å². The van der Waals surface area contributed by atoms with Gasteiger partial charge in [0.25, 0.3) is 5.91 Å². The van der Waals surface area contributed by atoms with Gasteiger partial charge in [0.15, 0.2) is 0 Å². The summed E-state index contributed by atoms with van der Waals surface area (Å²) in [5.74, 6) is -0.759. The molecule has 1 aliphatic carbocycles. The van der Waals surface area contributed by atoms with Gasteiger partial charge < -0.3 is 16.8 Å². The minimum atomic E-state index is -4.59. The lowest BCUT2D eigenvalue weighted by atomic mass is 9.95. The Morgan fingerprint density at radius 1 is 1.43 bits per heavy atom. The zero-order valence-electron chi connectivity index (χ0n) is 11.5. The summed E-state index contributed by atoms with van der Waals surface area (Å²) < 4.78 is 38.3. The number of hydrogen-bond acceptors (Lipinski definition) is 4. The number of amides is 1. The molecular formula is C13H17F3N4O. The maximum absolute atomic E-state index is 12.8. The zero-order valence-corrected chi connectivity index (χ0v) is 11.5. The summed E-state index contributed by atoms with van der Waals surface area (Å²) in [6, 6.07) is 1.77. The zero-order chi connectivity index (χ0) is 15.8. The fraction of sp³-hybridized carbons (Fsp3) is 0.538. The van der Waals surface area contributed by atoms with E-state index in [1.807, 2.05) is 0 Å². The van der Waals surface area contributed by atoms with Crippen molar-refractivity contribution in [1.29, 1.82) is 0 Å². The summed E-state index contributed by atoms with van der Waals surface area (Å²) in [6.07, 6.45) is -2.72. The van der Waals surface area contributed by atoms with Crippen LogP contribution in [0.5, 0.6) is 0 Å². The highest BCUT2D eigenvalue weighted by Crippen LogP contribution is 2.41. The Labute approximate surface area is 119 Å². The van der Waals surface area contributed by atoms with Gasteiger partial charge in [-0.2, -0.15) is 13.2 Å². The Morgan fingerprint density at radius 2 is 2.05 bits per heavy atom. The van der Waals surface area contributed by atoms with E-state index in [9.17, 15) is 18.0 Å². The molecule has 1 amide bonds. The van der Waals surface area contributed by atoms with E-state index in [2.05, 4.69) is 10.3 Å². The highest BCUT2D eigenvalue weighted by molar-refractivity contribution is 5.97. The topological polar surface area (TPSA) is 94.0 Å². The number of nitrogens with one attached hydrogen (secondary N) is 1. The Kier molecular flexibility index (Phi) is 3.83. The number of hydrogen-bond donors (Lipinski definition) is 3. The predicted octanol–water partition coefficient (Wildman–Crippen LogP) is 1.74. The van der Waals surface area contributed by atoms with Crippen LogP contribution in [-0.2, 0) is 6.18 Å². The summed E-state index contributed by atoms with van der Waals surface area (Å²) in [6.45, 7) is 2.02. The fourth-order valence-corrected chi connectivity index (χ4v) is 2.22. The average molecular weight is 302 g/mol. The molecule has 0 aromatic carbocycles. The van der Waals surface area contributed by atoms with E-state index in [1.165, 1.54) is 0 Å². The van der Waals surface area contributed by atoms with E-state index in [0.717, 1.165) is 25.0 Å². The summed E-state index contributed by atoms with van der Waals surface area (Å²) >= 11 is 0. The summed E-state index contributed by atoms with van der Waals surface area (Å²) in [4.78, 5) is 14.9. The third-order valence-corrected chi connectivity index (χ3v) is 3.76. The molecule has 21 heavy (non-hydrogen) atoms. The van der Waals surface area contributed by atoms with Crippen LogP contribution < -0.4 is 16.8 Å². The molecule has 1 unspecified atom stereocenters. The first-order valence-corrected chi connectivity index (χ1v) is 6.53. The van der Waals surface area contributed by atoms with Crippen molar-refractivity contribution in [2.24, 2.45) is 17.4 Å². The molecule has 2 rings (SSSR count). The molecule has 1 fully saturated rings. The van der Waals surface area contributed by atoms with Crippen molar-refractivity contribution in [3.8, 4) is 0 Å². The number of aromatic nitrogens is 1. The Balaban J connectivity index is 2.41. The maximum Gasteiger partial charge on any atom is 0.433 e. The van der Waals surface area contributed by atoms with Gasteiger partial charge in [-0.05, 0) is 37.8 Å². The number of nitrogens with two attached hydrogens (primary N) is 2. The molecule has 1 aromatic heterocycles. The van der Waals surface area contributed by atoms with Gasteiger partial charge in [0.2, 0.25) is 0 Å². The standard InChI is InChI=1S/C13H17F3N4O/c1-12(6-17,7-2-3-7)20-11-8(10(18)21)4-5-9(19-11)13(14,15)16/h4-5,7H,2-3,6,17H2,1H3,(H2,18,21)(H,19,20). The van der Waals surface area contributed by atoms with Crippen LogP contribution in [0.1, 0.15) is 35.8 Å². The predicted molar refractivity (Wildman–Crippen MR) is 71.6 cm³/mol. The Morgan fingerprint density at radius 3 is 2.48 bits per heavy atom. The van der Waals surface area contributed by atoms with Crippen LogP contribution in [0, 0.1) is 5.92 Å². The Hall–Kier alpha value is -1.83. The highest BCUT2D eigenvalue weighted by atomic mass is 19.4. The first-order valence-electron chi connectivity index (χ1n) is 6.53. The van der Waals surface area contributed by atoms with E-state index < -0.39 is 23.3 Å². The molecule has 5 N–H and O–H groups in total. The lowest BCUT2D eigenvalue weighted by Crippen LogP contribution is -2.45. The first kappa shape index (κ1) is 15.6. The molecule has 1 aromatic rings. The molecule has 1 heterocycles. The van der Waals surface area contributed by atoms with Crippen LogP contribution in [0.2, 0.25) is 0 Å². The number of primary amides is 1. The molecule has 0 bridgehead atoms. The number of carbonyl (C=O) groups is 1. The van der Waals surface area contributed by atoms with E-state index in [4.69, 9.17) is 11.5 Å². The van der Waals surface area contributed by atoms with E-state index in [-0.39, 0.29) is 23.8 Å². The van der Waals surface area contributed by atoms with Gasteiger partial charge in [0, 0.05) is 6.54 Å². The quantitative estimate of drug-likeness (QED) is 0.772. The second-order valence-electron chi connectivity index (χ2n) is 5.48. The van der Waals surface area contributed by atoms with Gasteiger partial charge in [-0.3, -0.25) is 4.79 Å². The SMILES string of the molecule is CC(CN)(Nc1nc(C(F)(F)F)ccc1C(N)=O)C1CC1. The second kappa shape index (κ2) is 5.18. The molecule has 1 aliphatic rings. The van der Waals surface area contributed by atoms with Crippen molar-refractivity contribution in [1.82, 2.24) is 4.98 Å². The molecule has 0 aliphatic heterocycles. The molecule has 1 atom stereocenters. The molecule has 1 saturated carbocycles. The van der Waals surface area contributed by atoms with Crippen LogP contribution in [-0.4, -0.2) is 23.0 Å². The molecule has 0 radical (unpaired) electrons. The van der Waals surface area contributed by atoms with Crippen LogP contribution in [0.3, 0.4) is 0 Å². The van der Waals surface area contributed by atoms with Gasteiger partial charge in [-0.15, -0.1) is 0 Å². The highest BCUT2D eigenvalue weighted by Gasteiger charge is 2.42. The monoisotopic (exact) mass is 302 g/mol. The number of pyridine rings is 1. The van der Waals surface area contributed by atoms with Crippen molar-refractivity contribution in [3.05, 3.63) is 23.4 Å². The van der Waals surface area contributed by atoms with Crippen LogP contribution in [0.15, 0.2) is 12.1 Å². The minimum absolute atomic E-state index is 0.0803. The Bertz CT molecular complexity index is 557. The van der Waals surface area contributed by atoms with Crippen molar-refractivity contribution < 1.29 is 18.0 Å². The third-order valence-electron chi connectivity index (χ3n) is 3.76.